The van der Waals surface area contributed by atoms with E-state index in [1.54, 1.807) is 0 Å². The lowest BCUT2D eigenvalue weighted by molar-refractivity contribution is -0.123. The molecule has 1 fully saturated rings. The summed E-state index contributed by atoms with van der Waals surface area (Å²) in [6, 6.07) is 7.49. The van der Waals surface area contributed by atoms with Crippen LogP contribution < -0.4 is 10.6 Å². The van der Waals surface area contributed by atoms with Gasteiger partial charge in [-0.15, -0.1) is 0 Å². The molecule has 0 saturated carbocycles. The van der Waals surface area contributed by atoms with Gasteiger partial charge in [-0.05, 0) is 36.6 Å². The highest BCUT2D eigenvalue weighted by atomic mass is 35.5. The molecule has 0 aliphatic carbocycles. The monoisotopic (exact) mass is 252 g/mol. The Morgan fingerprint density at radius 2 is 2.41 bits per heavy atom. The maximum Gasteiger partial charge on any atom is 0.237 e. The van der Waals surface area contributed by atoms with Crippen LogP contribution >= 0.6 is 11.6 Å². The van der Waals surface area contributed by atoms with Crippen molar-refractivity contribution in [2.75, 3.05) is 6.54 Å². The minimum atomic E-state index is -0.0471. The molecular formula is C13H17ClN2O. The quantitative estimate of drug-likeness (QED) is 0.864. The van der Waals surface area contributed by atoms with Gasteiger partial charge in [-0.25, -0.2) is 0 Å². The zero-order valence-corrected chi connectivity index (χ0v) is 10.6. The summed E-state index contributed by atoms with van der Waals surface area (Å²) < 4.78 is 0. The largest absolute Gasteiger partial charge is 0.351 e. The number of carbonyl (C=O) groups is 1. The van der Waals surface area contributed by atoms with Crippen molar-refractivity contribution < 1.29 is 4.79 Å². The lowest BCUT2D eigenvalue weighted by Gasteiger charge is -2.15. The fourth-order valence-electron chi connectivity index (χ4n) is 2.13. The zero-order valence-electron chi connectivity index (χ0n) is 9.87. The second kappa shape index (κ2) is 5.52. The van der Waals surface area contributed by atoms with Crippen LogP contribution in [-0.2, 0) is 11.3 Å². The highest BCUT2D eigenvalue weighted by molar-refractivity contribution is 6.30. The Kier molecular flexibility index (Phi) is 4.02. The Hall–Kier alpha value is -1.06. The molecule has 0 spiro atoms. The van der Waals surface area contributed by atoms with Crippen molar-refractivity contribution in [3.05, 3.63) is 34.9 Å². The molecule has 1 aromatic rings. The molecule has 1 saturated heterocycles. The van der Waals surface area contributed by atoms with Gasteiger partial charge >= 0.3 is 0 Å². The van der Waals surface area contributed by atoms with Crippen LogP contribution in [0.5, 0.6) is 0 Å². The van der Waals surface area contributed by atoms with Crippen LogP contribution in [0.25, 0.3) is 0 Å². The van der Waals surface area contributed by atoms with Crippen molar-refractivity contribution in [2.24, 2.45) is 5.92 Å². The number of amides is 1. The van der Waals surface area contributed by atoms with E-state index >= 15 is 0 Å². The lowest BCUT2D eigenvalue weighted by atomic mass is 10.0. The van der Waals surface area contributed by atoms with Gasteiger partial charge in [-0.1, -0.05) is 30.7 Å². The summed E-state index contributed by atoms with van der Waals surface area (Å²) in [5.41, 5.74) is 1.02. The number of benzene rings is 1. The van der Waals surface area contributed by atoms with E-state index in [0.29, 0.717) is 17.5 Å². The minimum Gasteiger partial charge on any atom is -0.351 e. The number of hydrogen-bond acceptors (Lipinski definition) is 2. The number of rotatable bonds is 3. The van der Waals surface area contributed by atoms with Crippen LogP contribution in [0, 0.1) is 5.92 Å². The molecule has 2 rings (SSSR count). The van der Waals surface area contributed by atoms with Crippen LogP contribution in [0.1, 0.15) is 18.9 Å². The van der Waals surface area contributed by atoms with E-state index in [2.05, 4.69) is 17.6 Å². The molecule has 17 heavy (non-hydrogen) atoms. The molecule has 1 amide bonds. The third-order valence-electron chi connectivity index (χ3n) is 3.17. The highest BCUT2D eigenvalue weighted by Gasteiger charge is 2.28. The molecule has 1 aliphatic rings. The van der Waals surface area contributed by atoms with Gasteiger partial charge in [0.2, 0.25) is 5.91 Å². The third-order valence-corrected chi connectivity index (χ3v) is 3.41. The van der Waals surface area contributed by atoms with Crippen molar-refractivity contribution in [3.63, 3.8) is 0 Å². The number of halogens is 1. The topological polar surface area (TPSA) is 41.1 Å². The zero-order chi connectivity index (χ0) is 12.3. The maximum atomic E-state index is 11.9. The van der Waals surface area contributed by atoms with E-state index in [1.807, 2.05) is 24.3 Å². The van der Waals surface area contributed by atoms with E-state index in [1.165, 1.54) is 0 Å². The van der Waals surface area contributed by atoms with Gasteiger partial charge in [0.15, 0.2) is 0 Å². The Labute approximate surface area is 107 Å². The molecule has 1 heterocycles. The van der Waals surface area contributed by atoms with Crippen LogP contribution in [-0.4, -0.2) is 18.5 Å². The SMILES string of the molecule is CC1CCNC1C(=O)NCc1cccc(Cl)c1. The van der Waals surface area contributed by atoms with Gasteiger partial charge in [0.25, 0.3) is 0 Å². The molecule has 2 unspecified atom stereocenters. The Bertz CT molecular complexity index is 408. The van der Waals surface area contributed by atoms with Gasteiger partial charge in [-0.3, -0.25) is 4.79 Å². The van der Waals surface area contributed by atoms with Crippen molar-refractivity contribution >= 4 is 17.5 Å². The van der Waals surface area contributed by atoms with Crippen LogP contribution in [0.2, 0.25) is 5.02 Å². The molecule has 3 nitrogen and oxygen atoms in total. The van der Waals surface area contributed by atoms with E-state index in [0.717, 1.165) is 18.5 Å². The molecule has 4 heteroatoms. The van der Waals surface area contributed by atoms with E-state index in [4.69, 9.17) is 11.6 Å². The molecule has 1 aromatic carbocycles. The molecule has 1 aliphatic heterocycles. The van der Waals surface area contributed by atoms with Crippen molar-refractivity contribution in [1.29, 1.82) is 0 Å². The first kappa shape index (κ1) is 12.4. The first-order valence-corrected chi connectivity index (χ1v) is 6.30. The van der Waals surface area contributed by atoms with Gasteiger partial charge < -0.3 is 10.6 Å². The number of carbonyl (C=O) groups excluding carboxylic acids is 1. The average Bonchev–Trinajstić information content (AvgIpc) is 2.72. The molecule has 2 atom stereocenters. The van der Waals surface area contributed by atoms with E-state index in [9.17, 15) is 4.79 Å². The summed E-state index contributed by atoms with van der Waals surface area (Å²) in [4.78, 5) is 11.9. The number of nitrogens with one attached hydrogen (secondary N) is 2. The predicted octanol–water partition coefficient (Wildman–Crippen LogP) is 1.95. The van der Waals surface area contributed by atoms with E-state index in [-0.39, 0.29) is 11.9 Å². The summed E-state index contributed by atoms with van der Waals surface area (Å²) in [7, 11) is 0. The highest BCUT2D eigenvalue weighted by Crippen LogP contribution is 2.15. The van der Waals surface area contributed by atoms with Gasteiger partial charge in [0, 0.05) is 11.6 Å². The standard InChI is InChI=1S/C13H17ClN2O/c1-9-5-6-15-12(9)13(17)16-8-10-3-2-4-11(14)7-10/h2-4,7,9,12,15H,5-6,8H2,1H3,(H,16,17). The number of hydrogen-bond donors (Lipinski definition) is 2. The molecular weight excluding hydrogens is 236 g/mol. The van der Waals surface area contributed by atoms with Crippen LogP contribution in [0.15, 0.2) is 24.3 Å². The fourth-order valence-corrected chi connectivity index (χ4v) is 2.34. The predicted molar refractivity (Wildman–Crippen MR) is 68.9 cm³/mol. The Morgan fingerprint density at radius 1 is 1.59 bits per heavy atom. The van der Waals surface area contributed by atoms with Gasteiger partial charge in [-0.2, -0.15) is 0 Å². The first-order chi connectivity index (χ1) is 8.16. The molecule has 0 radical (unpaired) electrons. The summed E-state index contributed by atoms with van der Waals surface area (Å²) in [6.07, 6.45) is 1.06. The lowest BCUT2D eigenvalue weighted by Crippen LogP contribution is -2.42. The summed E-state index contributed by atoms with van der Waals surface area (Å²) in [5.74, 6) is 0.490. The average molecular weight is 253 g/mol. The first-order valence-electron chi connectivity index (χ1n) is 5.92. The van der Waals surface area contributed by atoms with Gasteiger partial charge in [0.1, 0.15) is 0 Å². The Balaban J connectivity index is 1.88. The van der Waals surface area contributed by atoms with Crippen molar-refractivity contribution in [2.45, 2.75) is 25.9 Å². The van der Waals surface area contributed by atoms with E-state index < -0.39 is 0 Å². The van der Waals surface area contributed by atoms with Crippen LogP contribution in [0.4, 0.5) is 0 Å². The van der Waals surface area contributed by atoms with Crippen molar-refractivity contribution in [1.82, 2.24) is 10.6 Å². The normalized spacial score (nSPS) is 23.6. The molecule has 2 N–H and O–H groups in total. The van der Waals surface area contributed by atoms with Crippen LogP contribution in [0.3, 0.4) is 0 Å². The second-order valence-electron chi connectivity index (χ2n) is 4.55. The summed E-state index contributed by atoms with van der Waals surface area (Å²) >= 11 is 5.89. The van der Waals surface area contributed by atoms with Gasteiger partial charge in [0.05, 0.1) is 6.04 Å². The molecule has 0 bridgehead atoms. The smallest absolute Gasteiger partial charge is 0.237 e. The fraction of sp³-hybridized carbons (Fsp3) is 0.462. The van der Waals surface area contributed by atoms with Crippen molar-refractivity contribution in [3.8, 4) is 0 Å². The summed E-state index contributed by atoms with van der Waals surface area (Å²) in [5, 5.41) is 6.85. The second-order valence-corrected chi connectivity index (χ2v) is 4.98. The Morgan fingerprint density at radius 3 is 3.06 bits per heavy atom. The molecule has 92 valence electrons. The third kappa shape index (κ3) is 3.20. The molecule has 0 aromatic heterocycles. The summed E-state index contributed by atoms with van der Waals surface area (Å²) in [6.45, 7) is 3.56. The minimum absolute atomic E-state index is 0.0471. The maximum absolute atomic E-state index is 11.9.